The normalized spacial score (nSPS) is 53.9. The van der Waals surface area contributed by atoms with E-state index >= 15 is 0 Å². The van der Waals surface area contributed by atoms with Gasteiger partial charge in [-0.15, -0.1) is 0 Å². The van der Waals surface area contributed by atoms with Crippen LogP contribution in [0.2, 0.25) is 0 Å². The van der Waals surface area contributed by atoms with Crippen molar-refractivity contribution in [2.24, 2.45) is 51.2 Å². The second-order valence-electron chi connectivity index (χ2n) is 22.2. The summed E-state index contributed by atoms with van der Waals surface area (Å²) in [7, 11) is 0. The minimum absolute atomic E-state index is 0.0554. The van der Waals surface area contributed by atoms with Gasteiger partial charge in [-0.1, -0.05) is 52.7 Å². The highest BCUT2D eigenvalue weighted by Crippen LogP contribution is 2.72. The fraction of sp³-hybridized carbons (Fsp3) is 0.936. The summed E-state index contributed by atoms with van der Waals surface area (Å²) in [5.74, 6) is 0.657. The molecule has 0 unspecified atom stereocenters. The molecule has 17 heteroatoms. The van der Waals surface area contributed by atoms with E-state index in [1.165, 1.54) is 11.1 Å². The lowest BCUT2D eigenvalue weighted by molar-refractivity contribution is -0.364. The van der Waals surface area contributed by atoms with Gasteiger partial charge >= 0.3 is 5.97 Å². The van der Waals surface area contributed by atoms with Crippen molar-refractivity contribution in [1.82, 2.24) is 0 Å². The lowest BCUT2D eigenvalue weighted by atomic mass is 9.38. The largest absolute Gasteiger partial charge is 0.432 e. The first-order chi connectivity index (χ1) is 30.1. The molecule has 8 aliphatic rings. The second kappa shape index (κ2) is 17.8. The van der Waals surface area contributed by atoms with Gasteiger partial charge in [0.25, 0.3) is 0 Å². The molecule has 6 fully saturated rings. The molecule has 0 spiro atoms. The van der Waals surface area contributed by atoms with Crippen molar-refractivity contribution < 1.29 is 84.3 Å². The van der Waals surface area contributed by atoms with Crippen molar-refractivity contribution in [1.29, 1.82) is 0 Å². The number of rotatable bonds is 8. The van der Waals surface area contributed by atoms with Gasteiger partial charge in [-0.3, -0.25) is 4.79 Å². The van der Waals surface area contributed by atoms with Gasteiger partial charge in [-0.25, -0.2) is 0 Å². The summed E-state index contributed by atoms with van der Waals surface area (Å²) in [4.78, 5) is 14.6. The molecule has 0 aromatic heterocycles. The number of hydrogen-bond acceptors (Lipinski definition) is 17. The number of hydrogen-bond donors (Lipinski definition) is 10. The van der Waals surface area contributed by atoms with Gasteiger partial charge < -0.3 is 79.5 Å². The van der Waals surface area contributed by atoms with Crippen LogP contribution < -0.4 is 0 Å². The average molecular weight is 913 g/mol. The third-order valence-electron chi connectivity index (χ3n) is 18.7. The summed E-state index contributed by atoms with van der Waals surface area (Å²) in [5, 5.41) is 105. The molecule has 3 aliphatic heterocycles. The van der Waals surface area contributed by atoms with Gasteiger partial charge in [0.1, 0.15) is 67.1 Å². The number of aliphatic hydroxyl groups is 10. The van der Waals surface area contributed by atoms with Crippen molar-refractivity contribution in [3.8, 4) is 0 Å². The zero-order valence-electron chi connectivity index (χ0n) is 38.4. The van der Waals surface area contributed by atoms with Crippen LogP contribution in [0.3, 0.4) is 0 Å². The molecule has 8 rings (SSSR count). The Kier molecular flexibility index (Phi) is 13.7. The number of carbonyl (C=O) groups excluding carboxylic acids is 1. The van der Waals surface area contributed by atoms with Crippen molar-refractivity contribution in [2.75, 3.05) is 13.2 Å². The monoisotopic (exact) mass is 913 g/mol. The second-order valence-corrected chi connectivity index (χ2v) is 22.2. The van der Waals surface area contributed by atoms with Crippen LogP contribution in [0, 0.1) is 51.2 Å². The van der Waals surface area contributed by atoms with Gasteiger partial charge in [0, 0.05) is 0 Å². The molecule has 24 atom stereocenters. The van der Waals surface area contributed by atoms with Gasteiger partial charge in [0.05, 0.1) is 30.8 Å². The maximum Gasteiger partial charge on any atom is 0.315 e. The Morgan fingerprint density at radius 1 is 0.625 bits per heavy atom. The molecule has 64 heavy (non-hydrogen) atoms. The predicted molar refractivity (Wildman–Crippen MR) is 224 cm³/mol. The van der Waals surface area contributed by atoms with E-state index in [-0.39, 0.29) is 40.1 Å². The topological polar surface area (TPSA) is 275 Å². The lowest BCUT2D eigenvalue weighted by Crippen LogP contribution is -2.65. The molecular formula is C47H76O17. The van der Waals surface area contributed by atoms with Crippen LogP contribution in [-0.2, 0) is 33.2 Å². The van der Waals surface area contributed by atoms with E-state index in [2.05, 4.69) is 41.5 Å². The van der Waals surface area contributed by atoms with Crippen LogP contribution >= 0.6 is 0 Å². The van der Waals surface area contributed by atoms with Gasteiger partial charge in [-0.2, -0.15) is 0 Å². The molecule has 366 valence electrons. The summed E-state index contributed by atoms with van der Waals surface area (Å²) in [6.45, 7) is 14.2. The first kappa shape index (κ1) is 49.0. The maximum atomic E-state index is 14.6. The standard InChI is InChI=1S/C47H76O17/c1-20-10-16-47(43(58)64-42-37(56)34(53)32(51)26(19-49)61-42)17-11-24-23(30(47)21(20)2)8-9-28-45(24,6)14-12-27-44(4,5)29(13-15-46(27,28)7)62-40-38(57)35(54)39(22(3)59-40)63-41-36(55)33(52)31(50)25(18-48)60-41/h20-22,25-42,48-57H,8-19H2,1-7H3/t20-,21+,22-,25-,26-,27+,28+,29+,30+,31-,32-,33+,34+,35-,36-,37-,38-,39+,40+,41+,42+,45+,46+,47+/m1/s1. The Morgan fingerprint density at radius 3 is 1.86 bits per heavy atom. The number of ether oxygens (including phenoxy) is 6. The third kappa shape index (κ3) is 7.67. The fourth-order valence-electron chi connectivity index (χ4n) is 14.9. The predicted octanol–water partition coefficient (Wildman–Crippen LogP) is 0.778. The van der Waals surface area contributed by atoms with E-state index in [4.69, 9.17) is 28.4 Å². The van der Waals surface area contributed by atoms with E-state index < -0.39 is 117 Å². The molecule has 0 aromatic rings. The molecule has 0 bridgehead atoms. The Balaban J connectivity index is 0.978. The van der Waals surface area contributed by atoms with Gasteiger partial charge in [0.15, 0.2) is 12.6 Å². The number of esters is 1. The van der Waals surface area contributed by atoms with Crippen molar-refractivity contribution >= 4 is 5.97 Å². The van der Waals surface area contributed by atoms with Crippen LogP contribution in [0.1, 0.15) is 113 Å². The van der Waals surface area contributed by atoms with Gasteiger partial charge in [-0.05, 0) is 117 Å². The molecule has 10 N–H and O–H groups in total. The van der Waals surface area contributed by atoms with Crippen LogP contribution in [0.5, 0.6) is 0 Å². The first-order valence-electron chi connectivity index (χ1n) is 23.9. The highest BCUT2D eigenvalue weighted by Gasteiger charge is 2.66. The summed E-state index contributed by atoms with van der Waals surface area (Å²) in [6.07, 6.45) is -13.7. The van der Waals surface area contributed by atoms with Crippen LogP contribution in [-0.4, -0.2) is 168 Å². The smallest absolute Gasteiger partial charge is 0.315 e. The number of allylic oxidation sites excluding steroid dienone is 2. The highest BCUT2D eigenvalue weighted by atomic mass is 16.7. The Labute approximate surface area is 376 Å². The highest BCUT2D eigenvalue weighted by molar-refractivity contribution is 5.79. The molecule has 0 aromatic carbocycles. The van der Waals surface area contributed by atoms with Crippen LogP contribution in [0.15, 0.2) is 11.1 Å². The van der Waals surface area contributed by atoms with Crippen molar-refractivity contribution in [2.45, 2.75) is 211 Å². The molecule has 0 amide bonds. The SMILES string of the molecule is C[C@H]1[C@H](C)CC[C@]2(C(=O)O[C@@H]3O[C@H](CO)[C@@H](O)[C@H](O)[C@H]3O)CCC3=C(CC[C@@H]4[C@@]5(C)CC[C@H](O[C@@H]6O[C@H](C)[C@H](O[C@@H]7O[C@H](CO)[C@@H](O)[C@H](O)[C@H]7O)[C@H](O)[C@H]6O)C(C)(C)[C@@H]5CC[C@@]34C)[C@H]12. The molecule has 3 saturated carbocycles. The minimum Gasteiger partial charge on any atom is -0.432 e. The lowest BCUT2D eigenvalue weighted by Gasteiger charge is -2.67. The zero-order valence-corrected chi connectivity index (χ0v) is 38.4. The Hall–Kier alpha value is -1.39. The van der Waals surface area contributed by atoms with E-state index in [1.807, 2.05) is 0 Å². The molecule has 3 saturated heterocycles. The third-order valence-corrected chi connectivity index (χ3v) is 18.7. The van der Waals surface area contributed by atoms with Crippen molar-refractivity contribution in [3.63, 3.8) is 0 Å². The Morgan fingerprint density at radius 2 is 1.22 bits per heavy atom. The molecule has 5 aliphatic carbocycles. The minimum atomic E-state index is -1.69. The maximum absolute atomic E-state index is 14.6. The van der Waals surface area contributed by atoms with Gasteiger partial charge in [0.2, 0.25) is 6.29 Å². The Bertz CT molecular complexity index is 1720. The van der Waals surface area contributed by atoms with Crippen LogP contribution in [0.4, 0.5) is 0 Å². The summed E-state index contributed by atoms with van der Waals surface area (Å²) < 4.78 is 35.8. The molecular weight excluding hydrogens is 836 g/mol. The van der Waals surface area contributed by atoms with E-state index in [0.717, 1.165) is 44.9 Å². The molecule has 17 nitrogen and oxygen atoms in total. The summed E-state index contributed by atoms with van der Waals surface area (Å²) in [5.41, 5.74) is 1.50. The van der Waals surface area contributed by atoms with Crippen molar-refractivity contribution in [3.05, 3.63) is 11.1 Å². The summed E-state index contributed by atoms with van der Waals surface area (Å²) >= 11 is 0. The molecule has 3 heterocycles. The fourth-order valence-corrected chi connectivity index (χ4v) is 14.9. The average Bonchev–Trinajstić information content (AvgIpc) is 3.25. The first-order valence-corrected chi connectivity index (χ1v) is 23.9. The van der Waals surface area contributed by atoms with Crippen LogP contribution in [0.25, 0.3) is 0 Å². The van der Waals surface area contributed by atoms with E-state index in [9.17, 15) is 55.9 Å². The zero-order chi connectivity index (χ0) is 46.6. The van der Waals surface area contributed by atoms with E-state index in [0.29, 0.717) is 31.1 Å². The summed E-state index contributed by atoms with van der Waals surface area (Å²) in [6, 6.07) is 0. The number of carbonyl (C=O) groups is 1. The quantitative estimate of drug-likeness (QED) is 0.0916. The van der Waals surface area contributed by atoms with E-state index in [1.54, 1.807) is 6.92 Å². The number of aliphatic hydroxyl groups excluding tert-OH is 10. The molecule has 0 radical (unpaired) electrons. The number of fused-ring (bicyclic) bond motifs is 6.